The van der Waals surface area contributed by atoms with Crippen molar-refractivity contribution in [1.29, 1.82) is 0 Å². The van der Waals surface area contributed by atoms with Crippen molar-refractivity contribution in [3.05, 3.63) is 157 Å². The molecule has 0 fully saturated rings. The van der Waals surface area contributed by atoms with Gasteiger partial charge in [0.25, 0.3) is 0 Å². The second kappa shape index (κ2) is 10.8. The molecule has 9 rings (SSSR count). The predicted octanol–water partition coefficient (Wildman–Crippen LogP) is 13.8. The Labute approximate surface area is 284 Å². The topological polar surface area (TPSA) is 0 Å². The molecule has 1 heteroatoms. The summed E-state index contributed by atoms with van der Waals surface area (Å²) in [6, 6.07) is 50.3. The summed E-state index contributed by atoms with van der Waals surface area (Å²) in [5.74, 6) is 0. The highest BCUT2D eigenvalue weighted by Gasteiger charge is 2.33. The maximum absolute atomic E-state index is 4.11. The highest BCUT2D eigenvalue weighted by atomic mass is 32.3. The Bertz CT molecular complexity index is 2670. The fraction of sp³-hybridized carbons (Fsp3) is 0.0638. The SMILES string of the molecule is C=Cc1ccc(-c2c3ccccc3c(-c3ccc4ccccc4c3)c3cc4c(cc23)-c2cc3ccccc3cc2S4(C)C)cc1/C=C\C. The summed E-state index contributed by atoms with van der Waals surface area (Å²) in [5, 5.41) is 10.3. The smallest absolute Gasteiger partial charge is 0.00220 e. The van der Waals surface area contributed by atoms with Crippen LogP contribution in [0.25, 0.3) is 88.6 Å². The van der Waals surface area contributed by atoms with E-state index in [1.807, 2.05) is 6.08 Å². The van der Waals surface area contributed by atoms with Crippen molar-refractivity contribution in [2.75, 3.05) is 12.5 Å². The summed E-state index contributed by atoms with van der Waals surface area (Å²) in [6.45, 7) is 6.19. The summed E-state index contributed by atoms with van der Waals surface area (Å²) in [5.41, 5.74) is 10.2. The van der Waals surface area contributed by atoms with Crippen LogP contribution in [-0.2, 0) is 0 Å². The molecule has 0 aliphatic carbocycles. The molecule has 1 aliphatic rings. The van der Waals surface area contributed by atoms with Gasteiger partial charge in [-0.3, -0.25) is 0 Å². The molecule has 0 amide bonds. The zero-order chi connectivity index (χ0) is 32.6. The lowest BCUT2D eigenvalue weighted by Gasteiger charge is -2.29. The van der Waals surface area contributed by atoms with Crippen LogP contribution in [-0.4, -0.2) is 12.5 Å². The van der Waals surface area contributed by atoms with Crippen LogP contribution < -0.4 is 0 Å². The maximum atomic E-state index is 4.11. The van der Waals surface area contributed by atoms with Crippen molar-refractivity contribution < 1.29 is 0 Å². The van der Waals surface area contributed by atoms with Crippen molar-refractivity contribution in [3.63, 3.8) is 0 Å². The van der Waals surface area contributed by atoms with Gasteiger partial charge in [0.2, 0.25) is 0 Å². The molecule has 0 aromatic heterocycles. The zero-order valence-electron chi connectivity index (χ0n) is 27.5. The van der Waals surface area contributed by atoms with Crippen LogP contribution in [0.1, 0.15) is 18.1 Å². The van der Waals surface area contributed by atoms with Crippen molar-refractivity contribution in [2.45, 2.75) is 16.7 Å². The predicted molar refractivity (Wildman–Crippen MR) is 214 cm³/mol. The Balaban J connectivity index is 1.45. The second-order valence-corrected chi connectivity index (χ2v) is 16.9. The van der Waals surface area contributed by atoms with Crippen LogP contribution >= 0.6 is 10.0 Å². The van der Waals surface area contributed by atoms with Crippen molar-refractivity contribution in [2.24, 2.45) is 0 Å². The molecular weight excluding hydrogens is 597 g/mol. The van der Waals surface area contributed by atoms with Gasteiger partial charge in [-0.1, -0.05) is 122 Å². The Hall–Kier alpha value is -5.37. The minimum absolute atomic E-state index is 1.14. The molecule has 1 aliphatic heterocycles. The Morgan fingerprint density at radius 3 is 1.71 bits per heavy atom. The van der Waals surface area contributed by atoms with Gasteiger partial charge >= 0.3 is 0 Å². The van der Waals surface area contributed by atoms with E-state index >= 15 is 0 Å². The Morgan fingerprint density at radius 1 is 0.479 bits per heavy atom. The maximum Gasteiger partial charge on any atom is 0.00220 e. The van der Waals surface area contributed by atoms with Gasteiger partial charge in [-0.25, -0.2) is 0 Å². The molecule has 0 bridgehead atoms. The summed E-state index contributed by atoms with van der Waals surface area (Å²) in [6.07, 6.45) is 11.2. The summed E-state index contributed by atoms with van der Waals surface area (Å²) in [4.78, 5) is 2.95. The van der Waals surface area contributed by atoms with E-state index in [2.05, 4.69) is 172 Å². The number of hydrogen-bond acceptors (Lipinski definition) is 0. The third kappa shape index (κ3) is 4.24. The molecule has 0 atom stereocenters. The number of allylic oxidation sites excluding steroid dienone is 1. The van der Waals surface area contributed by atoms with Crippen LogP contribution in [0.15, 0.2) is 156 Å². The molecule has 0 spiro atoms. The molecule has 0 N–H and O–H groups in total. The number of fused-ring (bicyclic) bond motifs is 7. The molecule has 0 nitrogen and oxygen atoms in total. The van der Waals surface area contributed by atoms with Gasteiger partial charge in [0.15, 0.2) is 0 Å². The lowest BCUT2D eigenvalue weighted by molar-refractivity contribution is 1.49. The van der Waals surface area contributed by atoms with Gasteiger partial charge in [-0.15, -0.1) is 0 Å². The first-order valence-electron chi connectivity index (χ1n) is 16.6. The lowest BCUT2D eigenvalue weighted by Crippen LogP contribution is -1.96. The second-order valence-electron chi connectivity index (χ2n) is 13.3. The van der Waals surface area contributed by atoms with Crippen LogP contribution in [0.5, 0.6) is 0 Å². The van der Waals surface area contributed by atoms with Crippen LogP contribution in [0, 0.1) is 0 Å². The quantitative estimate of drug-likeness (QED) is 0.169. The third-order valence-electron chi connectivity index (χ3n) is 10.3. The van der Waals surface area contributed by atoms with E-state index in [1.165, 1.54) is 91.8 Å². The van der Waals surface area contributed by atoms with Crippen LogP contribution in [0.4, 0.5) is 0 Å². The highest BCUT2D eigenvalue weighted by Crippen LogP contribution is 2.68. The monoisotopic (exact) mass is 632 g/mol. The fourth-order valence-corrected chi connectivity index (χ4v) is 10.5. The van der Waals surface area contributed by atoms with E-state index < -0.39 is 10.0 Å². The van der Waals surface area contributed by atoms with E-state index in [-0.39, 0.29) is 0 Å². The van der Waals surface area contributed by atoms with E-state index in [4.69, 9.17) is 0 Å². The van der Waals surface area contributed by atoms with E-state index in [0.717, 1.165) is 5.56 Å². The molecule has 0 saturated carbocycles. The van der Waals surface area contributed by atoms with Crippen LogP contribution in [0.3, 0.4) is 0 Å². The van der Waals surface area contributed by atoms with E-state index in [9.17, 15) is 0 Å². The molecule has 230 valence electrons. The summed E-state index contributed by atoms with van der Waals surface area (Å²) < 4.78 is 0. The van der Waals surface area contributed by atoms with E-state index in [0.29, 0.717) is 0 Å². The van der Waals surface area contributed by atoms with Crippen LogP contribution in [0.2, 0.25) is 0 Å². The van der Waals surface area contributed by atoms with Gasteiger partial charge in [-0.2, -0.15) is 10.0 Å². The summed E-state index contributed by atoms with van der Waals surface area (Å²) in [7, 11) is -1.26. The number of benzene rings is 8. The van der Waals surface area contributed by atoms with Gasteiger partial charge in [0.1, 0.15) is 0 Å². The van der Waals surface area contributed by atoms with Gasteiger partial charge in [0.05, 0.1) is 0 Å². The third-order valence-corrected chi connectivity index (χ3v) is 13.2. The molecule has 8 aromatic rings. The Morgan fingerprint density at radius 2 is 1.02 bits per heavy atom. The van der Waals surface area contributed by atoms with E-state index in [1.54, 1.807) is 0 Å². The van der Waals surface area contributed by atoms with Crippen molar-refractivity contribution >= 4 is 65.3 Å². The largest absolute Gasteiger partial charge is 0.192 e. The molecule has 0 saturated heterocycles. The first-order valence-corrected chi connectivity index (χ1v) is 19.1. The minimum Gasteiger partial charge on any atom is -0.192 e. The van der Waals surface area contributed by atoms with Crippen molar-refractivity contribution in [1.82, 2.24) is 0 Å². The van der Waals surface area contributed by atoms with Gasteiger partial charge in [0, 0.05) is 9.79 Å². The minimum atomic E-state index is -1.26. The molecular formula is C47H36S. The van der Waals surface area contributed by atoms with Gasteiger partial charge in [-0.05, 0) is 143 Å². The van der Waals surface area contributed by atoms with Gasteiger partial charge < -0.3 is 0 Å². The molecule has 0 radical (unpaired) electrons. The molecule has 8 aromatic carbocycles. The molecule has 0 unspecified atom stereocenters. The average Bonchev–Trinajstić information content (AvgIpc) is 3.33. The standard InChI is InChI=1S/C47H36S/c1-5-13-32-24-36(22-20-30(32)6-2)46-38-18-11-12-19-39(38)47(37-23-21-31-14-7-8-15-33(31)25-37)43-29-45-41(28-42(43)46)40-26-34-16-9-10-17-35(34)27-44(40)48(45,3)4/h5-29H,2H2,1,3-4H3/b13-5-. The summed E-state index contributed by atoms with van der Waals surface area (Å²) >= 11 is 0. The average molecular weight is 633 g/mol. The number of rotatable bonds is 4. The lowest BCUT2D eigenvalue weighted by atomic mass is 9.84. The number of hydrogen-bond donors (Lipinski definition) is 0. The molecule has 48 heavy (non-hydrogen) atoms. The fourth-order valence-electron chi connectivity index (χ4n) is 8.01. The van der Waals surface area contributed by atoms with Crippen molar-refractivity contribution in [3.8, 4) is 33.4 Å². The highest BCUT2D eigenvalue weighted by molar-refractivity contribution is 8.33. The first-order chi connectivity index (χ1) is 23.5. The Kier molecular flexibility index (Phi) is 6.51. The normalized spacial score (nSPS) is 14.1. The molecule has 1 heterocycles. The first kappa shape index (κ1) is 28.8. The zero-order valence-corrected chi connectivity index (χ0v) is 28.4.